The van der Waals surface area contributed by atoms with E-state index in [0.29, 0.717) is 12.1 Å². The van der Waals surface area contributed by atoms with Gasteiger partial charge in [0.15, 0.2) is 0 Å². The van der Waals surface area contributed by atoms with Crippen molar-refractivity contribution in [1.82, 2.24) is 0 Å². The summed E-state index contributed by atoms with van der Waals surface area (Å²) in [5.41, 5.74) is 1.51. The van der Waals surface area contributed by atoms with Gasteiger partial charge in [-0.25, -0.2) is 0 Å². The van der Waals surface area contributed by atoms with Gasteiger partial charge in [-0.05, 0) is 37.1 Å². The molecule has 0 heterocycles. The molecule has 3 heteroatoms. The topological polar surface area (TPSA) is 49.3 Å². The van der Waals surface area contributed by atoms with Gasteiger partial charge in [0.2, 0.25) is 5.91 Å². The van der Waals surface area contributed by atoms with E-state index in [4.69, 9.17) is 0 Å². The Morgan fingerprint density at radius 1 is 1.53 bits per heavy atom. The van der Waals surface area contributed by atoms with Gasteiger partial charge in [0.05, 0.1) is 0 Å². The lowest BCUT2D eigenvalue weighted by Crippen LogP contribution is -2.05. The Morgan fingerprint density at radius 3 is 2.87 bits per heavy atom. The van der Waals surface area contributed by atoms with Crippen molar-refractivity contribution in [2.24, 2.45) is 0 Å². The summed E-state index contributed by atoms with van der Waals surface area (Å²) in [6.45, 7) is 3.38. The number of amides is 1. The third kappa shape index (κ3) is 3.46. The van der Waals surface area contributed by atoms with Crippen LogP contribution < -0.4 is 5.32 Å². The number of hydrogen-bond donors (Lipinski definition) is 2. The van der Waals surface area contributed by atoms with Crippen molar-refractivity contribution >= 4 is 11.6 Å². The number of phenolic OH excluding ortho intramolecular Hbond substituents is 1. The van der Waals surface area contributed by atoms with Crippen LogP contribution in [0.5, 0.6) is 5.75 Å². The highest BCUT2D eigenvalue weighted by atomic mass is 16.3. The van der Waals surface area contributed by atoms with Crippen molar-refractivity contribution in [1.29, 1.82) is 0 Å². The largest absolute Gasteiger partial charge is 0.508 e. The van der Waals surface area contributed by atoms with Gasteiger partial charge < -0.3 is 10.4 Å². The van der Waals surface area contributed by atoms with E-state index >= 15 is 0 Å². The van der Waals surface area contributed by atoms with Crippen LogP contribution in [0.3, 0.4) is 0 Å². The summed E-state index contributed by atoms with van der Waals surface area (Å²) in [6.07, 6.45) is 4.53. The van der Waals surface area contributed by atoms with Crippen molar-refractivity contribution in [2.45, 2.75) is 20.3 Å². The van der Waals surface area contributed by atoms with Crippen molar-refractivity contribution in [3.63, 3.8) is 0 Å². The molecule has 0 aliphatic carbocycles. The van der Waals surface area contributed by atoms with Gasteiger partial charge in [-0.1, -0.05) is 12.2 Å². The molecule has 1 aromatic rings. The van der Waals surface area contributed by atoms with Gasteiger partial charge in [-0.2, -0.15) is 0 Å². The highest BCUT2D eigenvalue weighted by Gasteiger charge is 2.02. The Balaban J connectivity index is 2.89. The molecule has 1 aromatic carbocycles. The van der Waals surface area contributed by atoms with E-state index in [9.17, 15) is 9.90 Å². The van der Waals surface area contributed by atoms with Crippen LogP contribution in [0.25, 0.3) is 0 Å². The van der Waals surface area contributed by atoms with Crippen LogP contribution in [0.4, 0.5) is 5.69 Å². The molecule has 15 heavy (non-hydrogen) atoms. The molecule has 0 unspecified atom stereocenters. The van der Waals surface area contributed by atoms with E-state index in [1.165, 1.54) is 6.92 Å². The highest BCUT2D eigenvalue weighted by molar-refractivity contribution is 5.88. The zero-order chi connectivity index (χ0) is 11.3. The molecule has 0 aromatic heterocycles. The second-order valence-electron chi connectivity index (χ2n) is 3.30. The fourth-order valence-corrected chi connectivity index (χ4v) is 1.27. The van der Waals surface area contributed by atoms with Crippen LogP contribution in [0.1, 0.15) is 19.4 Å². The van der Waals surface area contributed by atoms with Gasteiger partial charge in [-0.15, -0.1) is 0 Å². The first kappa shape index (κ1) is 11.3. The number of allylic oxidation sites excluding steroid dienone is 2. The molecule has 0 bridgehead atoms. The highest BCUT2D eigenvalue weighted by Crippen LogP contribution is 2.22. The van der Waals surface area contributed by atoms with Crippen LogP contribution >= 0.6 is 0 Å². The second kappa shape index (κ2) is 5.20. The lowest BCUT2D eigenvalue weighted by molar-refractivity contribution is -0.114. The van der Waals surface area contributed by atoms with E-state index in [0.717, 1.165) is 5.56 Å². The lowest BCUT2D eigenvalue weighted by atomic mass is 10.1. The summed E-state index contributed by atoms with van der Waals surface area (Å²) in [7, 11) is 0. The maximum absolute atomic E-state index is 10.8. The van der Waals surface area contributed by atoms with E-state index < -0.39 is 0 Å². The predicted octanol–water partition coefficient (Wildman–Crippen LogP) is 2.47. The molecule has 0 radical (unpaired) electrons. The molecule has 0 saturated carbocycles. The number of rotatable bonds is 3. The quantitative estimate of drug-likeness (QED) is 0.588. The zero-order valence-corrected chi connectivity index (χ0v) is 8.95. The molecule has 0 aliphatic heterocycles. The Morgan fingerprint density at radius 2 is 2.27 bits per heavy atom. The van der Waals surface area contributed by atoms with Gasteiger partial charge >= 0.3 is 0 Å². The maximum Gasteiger partial charge on any atom is 0.221 e. The van der Waals surface area contributed by atoms with Crippen molar-refractivity contribution < 1.29 is 9.90 Å². The van der Waals surface area contributed by atoms with Gasteiger partial charge in [0.1, 0.15) is 5.75 Å². The number of carbonyl (C=O) groups is 1. The van der Waals surface area contributed by atoms with Crippen LogP contribution in [0.2, 0.25) is 0 Å². The molecule has 3 nitrogen and oxygen atoms in total. The molecule has 0 saturated heterocycles. The predicted molar refractivity (Wildman–Crippen MR) is 60.9 cm³/mol. The molecule has 0 spiro atoms. The molecular weight excluding hydrogens is 190 g/mol. The first-order chi connectivity index (χ1) is 7.13. The molecule has 1 amide bonds. The zero-order valence-electron chi connectivity index (χ0n) is 8.95. The SMILES string of the molecule is C/C=C/Cc1cc(NC(C)=O)ccc1O. The number of hydrogen-bond acceptors (Lipinski definition) is 2. The average Bonchev–Trinajstić information content (AvgIpc) is 2.18. The summed E-state index contributed by atoms with van der Waals surface area (Å²) in [5, 5.41) is 12.2. The van der Waals surface area contributed by atoms with Crippen molar-refractivity contribution in [2.75, 3.05) is 5.32 Å². The Hall–Kier alpha value is -1.77. The number of phenols is 1. The molecule has 0 atom stereocenters. The number of anilines is 1. The first-order valence-corrected chi connectivity index (χ1v) is 4.84. The lowest BCUT2D eigenvalue weighted by Gasteiger charge is -2.06. The van der Waals surface area contributed by atoms with Gasteiger partial charge in [0, 0.05) is 12.6 Å². The average molecular weight is 205 g/mol. The molecule has 0 fully saturated rings. The van der Waals surface area contributed by atoms with Crippen molar-refractivity contribution in [3.8, 4) is 5.75 Å². The molecule has 80 valence electrons. The monoisotopic (exact) mass is 205 g/mol. The van der Waals surface area contributed by atoms with Crippen molar-refractivity contribution in [3.05, 3.63) is 35.9 Å². The van der Waals surface area contributed by atoms with E-state index in [1.54, 1.807) is 18.2 Å². The minimum atomic E-state index is -0.113. The third-order valence-corrected chi connectivity index (χ3v) is 1.97. The molecule has 1 rings (SSSR count). The smallest absolute Gasteiger partial charge is 0.221 e. The van der Waals surface area contributed by atoms with Crippen LogP contribution in [0, 0.1) is 0 Å². The normalized spacial score (nSPS) is 10.5. The molecular formula is C12H15NO2. The molecule has 0 aliphatic rings. The van der Waals surface area contributed by atoms with Gasteiger partial charge in [0.25, 0.3) is 0 Å². The number of aromatic hydroxyl groups is 1. The summed E-state index contributed by atoms with van der Waals surface area (Å²) >= 11 is 0. The summed E-state index contributed by atoms with van der Waals surface area (Å²) < 4.78 is 0. The van der Waals surface area contributed by atoms with E-state index in [-0.39, 0.29) is 11.7 Å². The fraction of sp³-hybridized carbons (Fsp3) is 0.250. The van der Waals surface area contributed by atoms with E-state index in [1.807, 2.05) is 19.1 Å². The summed E-state index contributed by atoms with van der Waals surface area (Å²) in [5.74, 6) is 0.139. The molecule has 2 N–H and O–H groups in total. The second-order valence-corrected chi connectivity index (χ2v) is 3.30. The third-order valence-electron chi connectivity index (χ3n) is 1.97. The number of carbonyl (C=O) groups excluding carboxylic acids is 1. The fourth-order valence-electron chi connectivity index (χ4n) is 1.27. The van der Waals surface area contributed by atoms with Crippen LogP contribution in [-0.4, -0.2) is 11.0 Å². The first-order valence-electron chi connectivity index (χ1n) is 4.84. The summed E-state index contributed by atoms with van der Waals surface area (Å²) in [6, 6.07) is 5.04. The maximum atomic E-state index is 10.8. The Bertz CT molecular complexity index is 383. The van der Waals surface area contributed by atoms with Crippen LogP contribution in [0.15, 0.2) is 30.4 Å². The van der Waals surface area contributed by atoms with Crippen LogP contribution in [-0.2, 0) is 11.2 Å². The summed E-state index contributed by atoms with van der Waals surface area (Å²) in [4.78, 5) is 10.8. The Labute approximate surface area is 89.4 Å². The number of nitrogens with one attached hydrogen (secondary N) is 1. The minimum absolute atomic E-state index is 0.113. The Kier molecular flexibility index (Phi) is 3.92. The minimum Gasteiger partial charge on any atom is -0.508 e. The standard InChI is InChI=1S/C12H15NO2/c1-3-4-5-10-8-11(13-9(2)14)6-7-12(10)15/h3-4,6-8,15H,5H2,1-2H3,(H,13,14)/b4-3+. The number of benzene rings is 1. The van der Waals surface area contributed by atoms with Gasteiger partial charge in [-0.3, -0.25) is 4.79 Å². The van der Waals surface area contributed by atoms with E-state index in [2.05, 4.69) is 5.32 Å².